The van der Waals surface area contributed by atoms with Gasteiger partial charge in [-0.3, -0.25) is 0 Å². The lowest BCUT2D eigenvalue weighted by Crippen LogP contribution is -2.24. The molecular weight excluding hydrogens is 404 g/mol. The van der Waals surface area contributed by atoms with Crippen molar-refractivity contribution in [3.8, 4) is 11.5 Å². The van der Waals surface area contributed by atoms with Crippen LogP contribution < -0.4 is 19.7 Å². The molecule has 5 rings (SSSR count). The van der Waals surface area contributed by atoms with E-state index in [2.05, 4.69) is 34.5 Å². The summed E-state index contributed by atoms with van der Waals surface area (Å²) < 4.78 is 16.6. The van der Waals surface area contributed by atoms with Crippen LogP contribution in [0.15, 0.2) is 60.7 Å². The van der Waals surface area contributed by atoms with E-state index in [9.17, 15) is 4.79 Å². The minimum absolute atomic E-state index is 0.214. The van der Waals surface area contributed by atoms with E-state index < -0.39 is 5.60 Å². The molecule has 3 aromatic rings. The lowest BCUT2D eigenvalue weighted by molar-refractivity contribution is 0.00707. The summed E-state index contributed by atoms with van der Waals surface area (Å²) in [4.78, 5) is 15.2. The SMILES string of the molecule is CC(C)(C)OC(=O)c1ccc(N2CCc3ccccc32)cc1Nc1ccc2c(c1)OCO2. The molecule has 6 nitrogen and oxygen atoms in total. The first-order valence-electron chi connectivity index (χ1n) is 10.8. The maximum Gasteiger partial charge on any atom is 0.340 e. The third-order valence-corrected chi connectivity index (χ3v) is 5.47. The van der Waals surface area contributed by atoms with E-state index >= 15 is 0 Å². The van der Waals surface area contributed by atoms with Crippen molar-refractivity contribution in [1.29, 1.82) is 0 Å². The second kappa shape index (κ2) is 7.79. The Morgan fingerprint density at radius 3 is 2.66 bits per heavy atom. The highest BCUT2D eigenvalue weighted by molar-refractivity contribution is 5.98. The van der Waals surface area contributed by atoms with Crippen molar-refractivity contribution in [2.24, 2.45) is 0 Å². The van der Waals surface area contributed by atoms with Gasteiger partial charge in [-0.25, -0.2) is 4.79 Å². The summed E-state index contributed by atoms with van der Waals surface area (Å²) in [6, 6.07) is 19.9. The third-order valence-electron chi connectivity index (χ3n) is 5.47. The topological polar surface area (TPSA) is 60.0 Å². The van der Waals surface area contributed by atoms with Crippen molar-refractivity contribution in [3.05, 3.63) is 71.8 Å². The molecule has 0 amide bonds. The molecule has 32 heavy (non-hydrogen) atoms. The van der Waals surface area contributed by atoms with Crippen LogP contribution in [0.2, 0.25) is 0 Å². The van der Waals surface area contributed by atoms with Crippen molar-refractivity contribution in [1.82, 2.24) is 0 Å². The molecule has 0 spiro atoms. The summed E-state index contributed by atoms with van der Waals surface area (Å²) >= 11 is 0. The van der Waals surface area contributed by atoms with Crippen LogP contribution in [0.3, 0.4) is 0 Å². The number of hydrogen-bond acceptors (Lipinski definition) is 6. The smallest absolute Gasteiger partial charge is 0.340 e. The normalized spacial score (nSPS) is 14.3. The Balaban J connectivity index is 1.52. The number of fused-ring (bicyclic) bond motifs is 2. The number of nitrogens with zero attached hydrogens (tertiary/aromatic N) is 1. The lowest BCUT2D eigenvalue weighted by Gasteiger charge is -2.24. The van der Waals surface area contributed by atoms with Crippen molar-refractivity contribution in [3.63, 3.8) is 0 Å². The zero-order chi connectivity index (χ0) is 22.3. The minimum Gasteiger partial charge on any atom is -0.456 e. The molecule has 0 aromatic heterocycles. The van der Waals surface area contributed by atoms with Gasteiger partial charge in [0.1, 0.15) is 5.60 Å². The second-order valence-electron chi connectivity index (χ2n) is 8.96. The first-order chi connectivity index (χ1) is 15.4. The molecule has 164 valence electrons. The Hall–Kier alpha value is -3.67. The zero-order valence-electron chi connectivity index (χ0n) is 18.5. The summed E-state index contributed by atoms with van der Waals surface area (Å²) in [6.45, 7) is 6.71. The van der Waals surface area contributed by atoms with E-state index in [0.29, 0.717) is 22.7 Å². The molecule has 2 heterocycles. The highest BCUT2D eigenvalue weighted by atomic mass is 16.7. The number of ether oxygens (including phenoxy) is 3. The van der Waals surface area contributed by atoms with Gasteiger partial charge in [-0.05, 0) is 69.2 Å². The molecule has 3 aromatic carbocycles. The average Bonchev–Trinajstić information content (AvgIpc) is 3.39. The van der Waals surface area contributed by atoms with Crippen LogP contribution >= 0.6 is 0 Å². The fourth-order valence-corrected chi connectivity index (χ4v) is 4.05. The Labute approximate surface area is 187 Å². The Kier molecular flexibility index (Phi) is 4.93. The maximum absolute atomic E-state index is 13.0. The molecule has 0 saturated carbocycles. The molecule has 0 saturated heterocycles. The zero-order valence-corrected chi connectivity index (χ0v) is 18.5. The van der Waals surface area contributed by atoms with Gasteiger partial charge in [0.15, 0.2) is 11.5 Å². The quantitative estimate of drug-likeness (QED) is 0.527. The van der Waals surface area contributed by atoms with Gasteiger partial charge in [-0.2, -0.15) is 0 Å². The van der Waals surface area contributed by atoms with Gasteiger partial charge in [-0.15, -0.1) is 0 Å². The van der Waals surface area contributed by atoms with Crippen LogP contribution in [0, 0.1) is 0 Å². The van der Waals surface area contributed by atoms with Gasteiger partial charge in [0.2, 0.25) is 6.79 Å². The van der Waals surface area contributed by atoms with Crippen LogP contribution in [0.1, 0.15) is 36.7 Å². The molecule has 2 aliphatic heterocycles. The Morgan fingerprint density at radius 1 is 1.00 bits per heavy atom. The van der Waals surface area contributed by atoms with Crippen molar-refractivity contribution in [2.45, 2.75) is 32.8 Å². The highest BCUT2D eigenvalue weighted by Gasteiger charge is 2.24. The molecule has 0 unspecified atom stereocenters. The number of carbonyl (C=O) groups is 1. The summed E-state index contributed by atoms with van der Waals surface area (Å²) in [7, 11) is 0. The number of para-hydroxylation sites is 1. The van der Waals surface area contributed by atoms with Crippen LogP contribution in [-0.4, -0.2) is 24.9 Å². The van der Waals surface area contributed by atoms with E-state index in [1.807, 2.05) is 57.2 Å². The number of carbonyl (C=O) groups excluding carboxylic acids is 1. The molecule has 0 bridgehead atoms. The second-order valence-corrected chi connectivity index (χ2v) is 8.96. The summed E-state index contributed by atoms with van der Waals surface area (Å²) in [5, 5.41) is 3.39. The molecule has 0 aliphatic carbocycles. The van der Waals surface area contributed by atoms with E-state index in [4.69, 9.17) is 14.2 Å². The Bertz CT molecular complexity index is 1180. The van der Waals surface area contributed by atoms with Crippen LogP contribution in [0.25, 0.3) is 0 Å². The first-order valence-corrected chi connectivity index (χ1v) is 10.8. The number of benzene rings is 3. The van der Waals surface area contributed by atoms with Crippen molar-refractivity contribution in [2.75, 3.05) is 23.6 Å². The Morgan fingerprint density at radius 2 is 1.81 bits per heavy atom. The molecule has 6 heteroatoms. The highest BCUT2D eigenvalue weighted by Crippen LogP contribution is 2.39. The summed E-state index contributed by atoms with van der Waals surface area (Å²) in [5.41, 5.74) is 4.93. The number of rotatable bonds is 4. The lowest BCUT2D eigenvalue weighted by atomic mass is 10.1. The third kappa shape index (κ3) is 3.96. The first kappa shape index (κ1) is 20.2. The van der Waals surface area contributed by atoms with Gasteiger partial charge in [0.25, 0.3) is 0 Å². The monoisotopic (exact) mass is 430 g/mol. The van der Waals surface area contributed by atoms with E-state index in [1.54, 1.807) is 0 Å². The van der Waals surface area contributed by atoms with Gasteiger partial charge in [0.05, 0.1) is 11.3 Å². The fourth-order valence-electron chi connectivity index (χ4n) is 4.05. The molecular formula is C26H26N2O4. The van der Waals surface area contributed by atoms with Crippen LogP contribution in [-0.2, 0) is 11.2 Å². The van der Waals surface area contributed by atoms with Gasteiger partial charge < -0.3 is 24.4 Å². The largest absolute Gasteiger partial charge is 0.456 e. The molecule has 0 fully saturated rings. The van der Waals surface area contributed by atoms with Crippen molar-refractivity contribution < 1.29 is 19.0 Å². The molecule has 0 radical (unpaired) electrons. The predicted octanol–water partition coefficient (Wildman–Crippen LogP) is 5.81. The summed E-state index contributed by atoms with van der Waals surface area (Å²) in [5.74, 6) is 1.03. The average molecular weight is 431 g/mol. The van der Waals surface area contributed by atoms with E-state index in [1.165, 1.54) is 11.3 Å². The van der Waals surface area contributed by atoms with Gasteiger partial charge >= 0.3 is 5.97 Å². The van der Waals surface area contributed by atoms with Crippen LogP contribution in [0.4, 0.5) is 22.7 Å². The summed E-state index contributed by atoms with van der Waals surface area (Å²) in [6.07, 6.45) is 0.995. The molecule has 0 atom stereocenters. The van der Waals surface area contributed by atoms with Gasteiger partial charge in [0, 0.05) is 29.7 Å². The standard InChI is InChI=1S/C26H26N2O4/c1-26(2,3)32-25(29)20-10-9-19(28-13-12-17-6-4-5-7-22(17)28)15-21(20)27-18-8-11-23-24(14-18)31-16-30-23/h4-11,14-15,27H,12-13,16H2,1-3H3. The van der Waals surface area contributed by atoms with E-state index in [0.717, 1.165) is 24.3 Å². The van der Waals surface area contributed by atoms with Crippen molar-refractivity contribution >= 4 is 28.7 Å². The maximum atomic E-state index is 13.0. The molecule has 2 aliphatic rings. The fraction of sp³-hybridized carbons (Fsp3) is 0.269. The van der Waals surface area contributed by atoms with E-state index in [-0.39, 0.29) is 12.8 Å². The van der Waals surface area contributed by atoms with Crippen LogP contribution in [0.5, 0.6) is 11.5 Å². The minimum atomic E-state index is -0.584. The number of hydrogen-bond donors (Lipinski definition) is 1. The van der Waals surface area contributed by atoms with Gasteiger partial charge in [-0.1, -0.05) is 18.2 Å². The number of esters is 1. The number of nitrogens with one attached hydrogen (secondary N) is 1. The molecule has 1 N–H and O–H groups in total. The predicted molar refractivity (Wildman–Crippen MR) is 125 cm³/mol. The number of anilines is 4.